The van der Waals surface area contributed by atoms with Crippen LogP contribution in [0.15, 0.2) is 24.3 Å². The number of esters is 1. The monoisotopic (exact) mass is 294 g/mol. The molecule has 6 heteroatoms. The minimum Gasteiger partial charge on any atom is -0.468 e. The van der Waals surface area contributed by atoms with Crippen LogP contribution in [0.1, 0.15) is 17.5 Å². The number of aliphatic hydroxyl groups is 1. The first-order chi connectivity index (χ1) is 10.0. The molecule has 0 bridgehead atoms. The Labute approximate surface area is 124 Å². The number of hydrogen-bond acceptors (Lipinski definition) is 5. The third kappa shape index (κ3) is 3.80. The number of hydrogen-bond donors (Lipinski definition) is 3. The van der Waals surface area contributed by atoms with E-state index >= 15 is 0 Å². The number of aliphatic hydroxyl groups excluding tert-OH is 1. The molecule has 1 unspecified atom stereocenters. The Morgan fingerprint density at radius 3 is 2.57 bits per heavy atom. The lowest BCUT2D eigenvalue weighted by molar-refractivity contribution is -0.149. The smallest absolute Gasteiger partial charge is 0.318 e. The van der Waals surface area contributed by atoms with Crippen molar-refractivity contribution >= 4 is 11.9 Å². The lowest BCUT2D eigenvalue weighted by Gasteiger charge is -2.31. The summed E-state index contributed by atoms with van der Waals surface area (Å²) >= 11 is 0. The predicted octanol–water partition coefficient (Wildman–Crippen LogP) is -0.137. The second-order valence-corrected chi connectivity index (χ2v) is 4.84. The van der Waals surface area contributed by atoms with E-state index in [-0.39, 0.29) is 32.0 Å². The van der Waals surface area contributed by atoms with Crippen LogP contribution >= 0.6 is 0 Å². The van der Waals surface area contributed by atoms with E-state index in [1.165, 1.54) is 7.11 Å². The fourth-order valence-corrected chi connectivity index (χ4v) is 2.38. The number of amides is 1. The summed E-state index contributed by atoms with van der Waals surface area (Å²) in [6, 6.07) is 7.28. The first kappa shape index (κ1) is 17.1. The van der Waals surface area contributed by atoms with Crippen molar-refractivity contribution in [2.45, 2.75) is 18.8 Å². The number of carbonyl (C=O) groups excluding carboxylic acids is 2. The van der Waals surface area contributed by atoms with Gasteiger partial charge in [0, 0.05) is 19.5 Å². The highest BCUT2D eigenvalue weighted by molar-refractivity contribution is 5.91. The van der Waals surface area contributed by atoms with Gasteiger partial charge in [-0.05, 0) is 18.1 Å². The maximum Gasteiger partial charge on any atom is 0.318 e. The van der Waals surface area contributed by atoms with Gasteiger partial charge in [-0.25, -0.2) is 0 Å². The highest BCUT2D eigenvalue weighted by atomic mass is 16.5. The van der Waals surface area contributed by atoms with Crippen molar-refractivity contribution in [1.29, 1.82) is 0 Å². The molecule has 0 aromatic heterocycles. The molecular formula is C15H22N2O4. The molecule has 4 N–H and O–H groups in total. The van der Waals surface area contributed by atoms with Gasteiger partial charge in [-0.3, -0.25) is 9.59 Å². The van der Waals surface area contributed by atoms with Crippen LogP contribution in [0.3, 0.4) is 0 Å². The Bertz CT molecular complexity index is 504. The van der Waals surface area contributed by atoms with E-state index in [2.05, 4.69) is 5.32 Å². The number of aryl methyl sites for hydroxylation is 1. The standard InChI is InChI=1S/C15H22N2O4/c1-11-5-3-4-6-12(11)15(10-16,14(20)21-2)9-13(19)17-7-8-18/h3-6,18H,7-10,16H2,1-2H3,(H,17,19). The molecule has 0 spiro atoms. The van der Waals surface area contributed by atoms with Crippen LogP contribution in [0.2, 0.25) is 0 Å². The number of nitrogens with two attached hydrogens (primary N) is 1. The zero-order valence-corrected chi connectivity index (χ0v) is 12.4. The maximum absolute atomic E-state index is 12.3. The number of benzene rings is 1. The van der Waals surface area contributed by atoms with E-state index in [1.807, 2.05) is 19.1 Å². The average Bonchev–Trinajstić information content (AvgIpc) is 2.50. The third-order valence-electron chi connectivity index (χ3n) is 3.48. The summed E-state index contributed by atoms with van der Waals surface area (Å²) in [4.78, 5) is 24.3. The van der Waals surface area contributed by atoms with Crippen LogP contribution in [0, 0.1) is 6.92 Å². The van der Waals surface area contributed by atoms with Crippen LogP contribution in [0.5, 0.6) is 0 Å². The Balaban J connectivity index is 3.20. The average molecular weight is 294 g/mol. The summed E-state index contributed by atoms with van der Waals surface area (Å²) in [5, 5.41) is 11.3. The summed E-state index contributed by atoms with van der Waals surface area (Å²) in [5.41, 5.74) is 6.15. The summed E-state index contributed by atoms with van der Waals surface area (Å²) in [5.74, 6) is -0.901. The largest absolute Gasteiger partial charge is 0.468 e. The lowest BCUT2D eigenvalue weighted by atomic mass is 9.75. The molecule has 1 amide bonds. The fourth-order valence-electron chi connectivity index (χ4n) is 2.38. The molecule has 0 aliphatic heterocycles. The van der Waals surface area contributed by atoms with Crippen LogP contribution < -0.4 is 11.1 Å². The summed E-state index contributed by atoms with van der Waals surface area (Å²) in [7, 11) is 1.27. The van der Waals surface area contributed by atoms with Crippen molar-refractivity contribution in [1.82, 2.24) is 5.32 Å². The zero-order valence-electron chi connectivity index (χ0n) is 12.4. The first-order valence-corrected chi connectivity index (χ1v) is 6.74. The van der Waals surface area contributed by atoms with Crippen molar-refractivity contribution in [2.24, 2.45) is 5.73 Å². The minimum absolute atomic E-state index is 0.0446. The Kier molecular flexibility index (Phi) is 6.33. The van der Waals surface area contributed by atoms with E-state index in [0.29, 0.717) is 5.56 Å². The van der Waals surface area contributed by atoms with Gasteiger partial charge in [0.05, 0.1) is 13.7 Å². The molecule has 1 rings (SSSR count). The van der Waals surface area contributed by atoms with Gasteiger partial charge in [0.2, 0.25) is 5.91 Å². The summed E-state index contributed by atoms with van der Waals surface area (Å²) in [6.45, 7) is 1.78. The van der Waals surface area contributed by atoms with Crippen molar-refractivity contribution in [2.75, 3.05) is 26.8 Å². The molecule has 116 valence electrons. The van der Waals surface area contributed by atoms with Gasteiger partial charge in [0.25, 0.3) is 0 Å². The van der Waals surface area contributed by atoms with Crippen molar-refractivity contribution in [3.8, 4) is 0 Å². The quantitative estimate of drug-likeness (QED) is 0.608. The molecule has 1 atom stereocenters. The van der Waals surface area contributed by atoms with Crippen LogP contribution in [-0.4, -0.2) is 43.8 Å². The molecule has 6 nitrogen and oxygen atoms in total. The van der Waals surface area contributed by atoms with Crippen molar-refractivity contribution in [3.63, 3.8) is 0 Å². The van der Waals surface area contributed by atoms with Crippen LogP contribution in [-0.2, 0) is 19.7 Å². The molecule has 0 radical (unpaired) electrons. The normalized spacial score (nSPS) is 13.3. The van der Waals surface area contributed by atoms with Gasteiger partial charge in [-0.2, -0.15) is 0 Å². The van der Waals surface area contributed by atoms with Gasteiger partial charge < -0.3 is 20.9 Å². The Hall–Kier alpha value is -1.92. The van der Waals surface area contributed by atoms with Gasteiger partial charge in [0.1, 0.15) is 5.41 Å². The van der Waals surface area contributed by atoms with E-state index in [0.717, 1.165) is 5.56 Å². The molecule has 0 saturated heterocycles. The number of rotatable bonds is 7. The Morgan fingerprint density at radius 1 is 1.38 bits per heavy atom. The highest BCUT2D eigenvalue weighted by Crippen LogP contribution is 2.31. The molecule has 21 heavy (non-hydrogen) atoms. The number of nitrogens with one attached hydrogen (secondary N) is 1. The van der Waals surface area contributed by atoms with E-state index < -0.39 is 11.4 Å². The maximum atomic E-state index is 12.3. The minimum atomic E-state index is -1.22. The van der Waals surface area contributed by atoms with E-state index in [1.54, 1.807) is 12.1 Å². The second kappa shape index (κ2) is 7.75. The SMILES string of the molecule is COC(=O)C(CN)(CC(=O)NCCO)c1ccccc1C. The van der Waals surface area contributed by atoms with Gasteiger partial charge in [0.15, 0.2) is 0 Å². The zero-order chi connectivity index (χ0) is 15.9. The number of ether oxygens (including phenoxy) is 1. The molecule has 0 saturated carbocycles. The van der Waals surface area contributed by atoms with Crippen molar-refractivity contribution in [3.05, 3.63) is 35.4 Å². The predicted molar refractivity (Wildman–Crippen MR) is 78.6 cm³/mol. The first-order valence-electron chi connectivity index (χ1n) is 6.74. The van der Waals surface area contributed by atoms with Crippen LogP contribution in [0.25, 0.3) is 0 Å². The second-order valence-electron chi connectivity index (χ2n) is 4.84. The summed E-state index contributed by atoms with van der Waals surface area (Å²) < 4.78 is 4.87. The molecule has 0 aliphatic rings. The van der Waals surface area contributed by atoms with Gasteiger partial charge in [-0.1, -0.05) is 24.3 Å². The fraction of sp³-hybridized carbons (Fsp3) is 0.467. The van der Waals surface area contributed by atoms with E-state index in [9.17, 15) is 9.59 Å². The van der Waals surface area contributed by atoms with Gasteiger partial charge in [-0.15, -0.1) is 0 Å². The molecule has 0 aliphatic carbocycles. The number of methoxy groups -OCH3 is 1. The number of carbonyl (C=O) groups is 2. The highest BCUT2D eigenvalue weighted by Gasteiger charge is 2.43. The molecule has 0 fully saturated rings. The van der Waals surface area contributed by atoms with Crippen LogP contribution in [0.4, 0.5) is 0 Å². The lowest BCUT2D eigenvalue weighted by Crippen LogP contribution is -2.48. The Morgan fingerprint density at radius 2 is 2.05 bits per heavy atom. The topological polar surface area (TPSA) is 102 Å². The molecule has 0 heterocycles. The molecular weight excluding hydrogens is 272 g/mol. The third-order valence-corrected chi connectivity index (χ3v) is 3.48. The van der Waals surface area contributed by atoms with E-state index in [4.69, 9.17) is 15.6 Å². The molecule has 1 aromatic rings. The van der Waals surface area contributed by atoms with Gasteiger partial charge >= 0.3 is 5.97 Å². The summed E-state index contributed by atoms with van der Waals surface area (Å²) in [6.07, 6.45) is -0.124. The van der Waals surface area contributed by atoms with Crippen molar-refractivity contribution < 1.29 is 19.4 Å². The molecule has 1 aromatic carbocycles.